The van der Waals surface area contributed by atoms with Gasteiger partial charge in [0, 0.05) is 16.8 Å². The summed E-state index contributed by atoms with van der Waals surface area (Å²) >= 11 is 1.49. The Morgan fingerprint density at radius 2 is 1.65 bits per heavy atom. The maximum Gasteiger partial charge on any atom is 0.272 e. The molecule has 4 aromatic rings. The molecule has 2 heterocycles. The minimum atomic E-state index is -0.479. The number of benzene rings is 2. The lowest BCUT2D eigenvalue weighted by Gasteiger charge is -2.11. The maximum atomic E-state index is 13.0. The van der Waals surface area contributed by atoms with E-state index in [9.17, 15) is 14.4 Å². The molecule has 0 saturated carbocycles. The van der Waals surface area contributed by atoms with Crippen molar-refractivity contribution in [2.75, 3.05) is 5.32 Å². The first-order chi connectivity index (χ1) is 16.6. The summed E-state index contributed by atoms with van der Waals surface area (Å²) in [6.07, 6.45) is 6.16. The average molecular weight is 469 g/mol. The molecule has 2 aromatic heterocycles. The lowest BCUT2D eigenvalue weighted by atomic mass is 10.1. The number of carbonyl (C=O) groups excluding carboxylic acids is 3. The lowest BCUT2D eigenvalue weighted by Crippen LogP contribution is -2.30. The number of amides is 2. The molecular formula is C27H20N2O4S. The van der Waals surface area contributed by atoms with Crippen molar-refractivity contribution in [2.45, 2.75) is 0 Å². The number of rotatable bonds is 8. The van der Waals surface area contributed by atoms with Crippen molar-refractivity contribution in [3.63, 3.8) is 0 Å². The molecule has 168 valence electrons. The van der Waals surface area contributed by atoms with Gasteiger partial charge >= 0.3 is 0 Å². The Morgan fingerprint density at radius 1 is 0.853 bits per heavy atom. The summed E-state index contributed by atoms with van der Waals surface area (Å²) in [4.78, 5) is 37.9. The molecule has 0 bridgehead atoms. The summed E-state index contributed by atoms with van der Waals surface area (Å²) < 4.78 is 5.18. The Morgan fingerprint density at radius 3 is 2.32 bits per heavy atom. The van der Waals surface area contributed by atoms with E-state index in [1.165, 1.54) is 23.7 Å². The Balaban J connectivity index is 1.46. The van der Waals surface area contributed by atoms with Gasteiger partial charge in [0.25, 0.3) is 11.8 Å². The molecule has 0 unspecified atom stereocenters. The van der Waals surface area contributed by atoms with E-state index in [0.717, 1.165) is 5.56 Å². The fourth-order valence-corrected chi connectivity index (χ4v) is 3.64. The largest absolute Gasteiger partial charge is 0.465 e. The third-order valence-electron chi connectivity index (χ3n) is 4.75. The number of hydrogen-bond donors (Lipinski definition) is 2. The van der Waals surface area contributed by atoms with Gasteiger partial charge in [0.2, 0.25) is 0 Å². The van der Waals surface area contributed by atoms with Crippen molar-refractivity contribution < 1.29 is 18.8 Å². The van der Waals surface area contributed by atoms with E-state index in [1.54, 1.807) is 72.8 Å². The van der Waals surface area contributed by atoms with Gasteiger partial charge in [0.15, 0.2) is 5.78 Å². The number of thiophene rings is 1. The van der Waals surface area contributed by atoms with Crippen LogP contribution in [0.3, 0.4) is 0 Å². The molecule has 34 heavy (non-hydrogen) atoms. The molecule has 0 fully saturated rings. The van der Waals surface area contributed by atoms with Gasteiger partial charge in [-0.05, 0) is 89.1 Å². The number of hydrogen-bond acceptors (Lipinski definition) is 5. The fraction of sp³-hybridized carbons (Fsp3) is 0. The van der Waals surface area contributed by atoms with Gasteiger partial charge in [-0.3, -0.25) is 14.4 Å². The number of furan rings is 1. The quantitative estimate of drug-likeness (QED) is 0.258. The smallest absolute Gasteiger partial charge is 0.272 e. The maximum absolute atomic E-state index is 13.0. The SMILES string of the molecule is O=C(Nc1ccc(C(=O)/C=C/c2ccco2)cc1)/C(=C/c1ccsc1)NC(=O)c1ccccc1. The second-order valence-electron chi connectivity index (χ2n) is 7.18. The number of nitrogens with one attached hydrogen (secondary N) is 2. The topological polar surface area (TPSA) is 88.4 Å². The van der Waals surface area contributed by atoms with Crippen LogP contribution >= 0.6 is 11.3 Å². The number of allylic oxidation sites excluding steroid dienone is 1. The van der Waals surface area contributed by atoms with Crippen molar-refractivity contribution in [3.8, 4) is 0 Å². The van der Waals surface area contributed by atoms with Gasteiger partial charge in [0.1, 0.15) is 11.5 Å². The molecule has 7 heteroatoms. The number of anilines is 1. The molecule has 0 atom stereocenters. The van der Waals surface area contributed by atoms with Crippen LogP contribution in [0.5, 0.6) is 0 Å². The van der Waals surface area contributed by atoms with E-state index < -0.39 is 5.91 Å². The molecule has 4 rings (SSSR count). The summed E-state index contributed by atoms with van der Waals surface area (Å²) in [5, 5.41) is 9.22. The van der Waals surface area contributed by atoms with Crippen LogP contribution in [0.25, 0.3) is 12.2 Å². The molecule has 0 radical (unpaired) electrons. The van der Waals surface area contributed by atoms with E-state index in [2.05, 4.69) is 10.6 Å². The number of carbonyl (C=O) groups is 3. The number of ketones is 1. The van der Waals surface area contributed by atoms with Crippen LogP contribution in [-0.2, 0) is 4.79 Å². The third-order valence-corrected chi connectivity index (χ3v) is 5.45. The Hall–Kier alpha value is -4.49. The molecule has 0 saturated heterocycles. The highest BCUT2D eigenvalue weighted by Gasteiger charge is 2.15. The third kappa shape index (κ3) is 6.05. The molecule has 6 nitrogen and oxygen atoms in total. The van der Waals surface area contributed by atoms with Crippen molar-refractivity contribution in [3.05, 3.63) is 124 Å². The summed E-state index contributed by atoms with van der Waals surface area (Å²) in [7, 11) is 0. The summed E-state index contributed by atoms with van der Waals surface area (Å²) in [6.45, 7) is 0. The zero-order valence-electron chi connectivity index (χ0n) is 17.9. The van der Waals surface area contributed by atoms with Gasteiger partial charge in [-0.15, -0.1) is 0 Å². The van der Waals surface area contributed by atoms with E-state index >= 15 is 0 Å². The molecular weight excluding hydrogens is 448 g/mol. The van der Waals surface area contributed by atoms with Crippen LogP contribution < -0.4 is 10.6 Å². The zero-order chi connectivity index (χ0) is 23.8. The van der Waals surface area contributed by atoms with E-state index in [4.69, 9.17) is 4.42 Å². The summed E-state index contributed by atoms with van der Waals surface area (Å²) in [5.41, 5.74) is 2.30. The van der Waals surface area contributed by atoms with Crippen molar-refractivity contribution in [2.24, 2.45) is 0 Å². The Bertz CT molecular complexity index is 1320. The predicted octanol–water partition coefficient (Wildman–Crippen LogP) is 5.65. The first-order valence-corrected chi connectivity index (χ1v) is 11.3. The van der Waals surface area contributed by atoms with Crippen LogP contribution in [0.4, 0.5) is 5.69 Å². The van der Waals surface area contributed by atoms with Gasteiger partial charge in [-0.2, -0.15) is 11.3 Å². The van der Waals surface area contributed by atoms with E-state index in [0.29, 0.717) is 22.6 Å². The Labute approximate surface area is 200 Å². The van der Waals surface area contributed by atoms with Crippen molar-refractivity contribution >= 4 is 46.8 Å². The molecule has 0 aliphatic rings. The fourth-order valence-electron chi connectivity index (χ4n) is 3.02. The average Bonchev–Trinajstić information content (AvgIpc) is 3.57. The van der Waals surface area contributed by atoms with Crippen LogP contribution in [0.15, 0.2) is 106 Å². The Kier molecular flexibility index (Phi) is 7.27. The summed E-state index contributed by atoms with van der Waals surface area (Å²) in [6, 6.07) is 20.5. The van der Waals surface area contributed by atoms with Gasteiger partial charge in [-0.1, -0.05) is 18.2 Å². The highest BCUT2D eigenvalue weighted by atomic mass is 32.1. The normalized spacial score (nSPS) is 11.4. The highest BCUT2D eigenvalue weighted by molar-refractivity contribution is 7.08. The van der Waals surface area contributed by atoms with Crippen LogP contribution in [-0.4, -0.2) is 17.6 Å². The molecule has 2 amide bonds. The standard InChI is InChI=1S/C27H20N2O4S/c30-25(13-12-23-7-4-15-33-23)20-8-10-22(11-9-20)28-27(32)24(17-19-14-16-34-18-19)29-26(31)21-5-2-1-3-6-21/h1-18H,(H,28,32)(H,29,31)/b13-12+,24-17-. The van der Waals surface area contributed by atoms with E-state index in [1.807, 2.05) is 22.9 Å². The second kappa shape index (κ2) is 10.9. The first kappa shape index (κ1) is 22.7. The van der Waals surface area contributed by atoms with Crippen LogP contribution in [0.2, 0.25) is 0 Å². The monoisotopic (exact) mass is 468 g/mol. The molecule has 0 aliphatic carbocycles. The predicted molar refractivity (Wildman–Crippen MR) is 133 cm³/mol. The molecule has 2 aromatic carbocycles. The van der Waals surface area contributed by atoms with Crippen molar-refractivity contribution in [1.82, 2.24) is 5.32 Å². The summed E-state index contributed by atoms with van der Waals surface area (Å²) in [5.74, 6) is -0.476. The molecule has 0 aliphatic heterocycles. The lowest BCUT2D eigenvalue weighted by molar-refractivity contribution is -0.113. The van der Waals surface area contributed by atoms with Gasteiger partial charge in [0.05, 0.1) is 6.26 Å². The van der Waals surface area contributed by atoms with Crippen LogP contribution in [0.1, 0.15) is 32.0 Å². The highest BCUT2D eigenvalue weighted by Crippen LogP contribution is 2.15. The minimum Gasteiger partial charge on any atom is -0.465 e. The van der Waals surface area contributed by atoms with Gasteiger partial charge < -0.3 is 15.1 Å². The second-order valence-corrected chi connectivity index (χ2v) is 7.96. The molecule has 2 N–H and O–H groups in total. The molecule has 0 spiro atoms. The van der Waals surface area contributed by atoms with Gasteiger partial charge in [-0.25, -0.2) is 0 Å². The van der Waals surface area contributed by atoms with Crippen molar-refractivity contribution in [1.29, 1.82) is 0 Å². The minimum absolute atomic E-state index is 0.105. The zero-order valence-corrected chi connectivity index (χ0v) is 18.8. The first-order valence-electron chi connectivity index (χ1n) is 10.4. The van der Waals surface area contributed by atoms with Crippen LogP contribution in [0, 0.1) is 0 Å². The van der Waals surface area contributed by atoms with E-state index in [-0.39, 0.29) is 17.4 Å².